The van der Waals surface area contributed by atoms with E-state index >= 15 is 0 Å². The standard InChI is InChI=1S/C35H38N2O3.2ClH/c1-36-19-21-37(22-20-36)25-32-24-33(17-18-35(32,39)31-16-15-27-9-5-6-10-30(27)23-31)40-34(38)29-13-11-28(12-14-29)26-7-3-2-4-8-26;;/h2-16,23,32-33,39H,17-22,24-25H2,1H3;2*1H. The van der Waals surface area contributed by atoms with Gasteiger partial charge in [-0.25, -0.2) is 4.79 Å². The number of halogens is 2. The number of nitrogens with zero attached hydrogens (tertiary/aromatic N) is 2. The van der Waals surface area contributed by atoms with Crippen LogP contribution in [0.25, 0.3) is 21.9 Å². The van der Waals surface area contributed by atoms with Crippen LogP contribution in [-0.4, -0.2) is 66.8 Å². The molecule has 1 heterocycles. The van der Waals surface area contributed by atoms with Crippen molar-refractivity contribution in [2.75, 3.05) is 39.8 Å². The molecule has 2 fully saturated rings. The zero-order valence-corrected chi connectivity index (χ0v) is 25.7. The normalized spacial score (nSPS) is 23.0. The fourth-order valence-corrected chi connectivity index (χ4v) is 6.38. The van der Waals surface area contributed by atoms with E-state index < -0.39 is 5.60 Å². The lowest BCUT2D eigenvalue weighted by molar-refractivity contribution is -0.100. The van der Waals surface area contributed by atoms with Crippen LogP contribution in [0.5, 0.6) is 0 Å². The third kappa shape index (κ3) is 6.99. The Hall–Kier alpha value is -2.93. The minimum Gasteiger partial charge on any atom is -0.459 e. The van der Waals surface area contributed by atoms with Gasteiger partial charge in [-0.05, 0) is 72.0 Å². The molecule has 222 valence electrons. The maximum Gasteiger partial charge on any atom is 0.338 e. The topological polar surface area (TPSA) is 53.0 Å². The molecule has 3 atom stereocenters. The Bertz CT molecular complexity index is 1460. The Balaban J connectivity index is 0.00000202. The number of piperazine rings is 1. The molecule has 4 aromatic carbocycles. The molecule has 1 N–H and O–H groups in total. The molecule has 2 aliphatic rings. The molecule has 1 saturated heterocycles. The first-order chi connectivity index (χ1) is 19.5. The van der Waals surface area contributed by atoms with Crippen molar-refractivity contribution in [3.63, 3.8) is 0 Å². The average molecular weight is 608 g/mol. The summed E-state index contributed by atoms with van der Waals surface area (Å²) in [5.74, 6) is -0.330. The zero-order chi connectivity index (χ0) is 27.5. The van der Waals surface area contributed by atoms with Gasteiger partial charge in [-0.1, -0.05) is 78.9 Å². The van der Waals surface area contributed by atoms with E-state index in [0.717, 1.165) is 54.8 Å². The molecule has 0 spiro atoms. The number of aliphatic hydroxyl groups is 1. The Morgan fingerprint density at radius 1 is 0.833 bits per heavy atom. The summed E-state index contributed by atoms with van der Waals surface area (Å²) < 4.78 is 6.08. The Kier molecular flexibility index (Phi) is 10.7. The Morgan fingerprint density at radius 2 is 1.48 bits per heavy atom. The summed E-state index contributed by atoms with van der Waals surface area (Å²) in [5.41, 5.74) is 2.75. The molecule has 3 unspecified atom stereocenters. The van der Waals surface area contributed by atoms with Gasteiger partial charge in [0.25, 0.3) is 0 Å². The van der Waals surface area contributed by atoms with Crippen molar-refractivity contribution in [1.29, 1.82) is 0 Å². The summed E-state index contributed by atoms with van der Waals surface area (Å²) in [5, 5.41) is 14.6. The maximum atomic E-state index is 13.2. The highest BCUT2D eigenvalue weighted by Crippen LogP contribution is 2.44. The molecular formula is C35H40Cl2N2O3. The molecule has 4 aromatic rings. The lowest BCUT2D eigenvalue weighted by Crippen LogP contribution is -2.52. The van der Waals surface area contributed by atoms with Gasteiger partial charge in [0.2, 0.25) is 0 Å². The second kappa shape index (κ2) is 14.0. The molecule has 0 radical (unpaired) electrons. The summed E-state index contributed by atoms with van der Waals surface area (Å²) >= 11 is 0. The van der Waals surface area contributed by atoms with E-state index in [4.69, 9.17) is 4.74 Å². The number of hydrogen-bond acceptors (Lipinski definition) is 5. The van der Waals surface area contributed by atoms with Crippen molar-refractivity contribution < 1.29 is 14.6 Å². The number of carbonyl (C=O) groups excluding carboxylic acids is 1. The van der Waals surface area contributed by atoms with Crippen molar-refractivity contribution in [2.24, 2.45) is 5.92 Å². The fourth-order valence-electron chi connectivity index (χ4n) is 6.38. The van der Waals surface area contributed by atoms with Crippen LogP contribution in [0.2, 0.25) is 0 Å². The number of ether oxygens (including phenoxy) is 1. The van der Waals surface area contributed by atoms with Crippen LogP contribution in [0.3, 0.4) is 0 Å². The maximum absolute atomic E-state index is 13.2. The SMILES string of the molecule is CN1CCN(CC2CC(OC(=O)c3ccc(-c4ccccc4)cc3)CCC2(O)c2ccc3ccccc3c2)CC1.Cl.Cl. The quantitative estimate of drug-likeness (QED) is 0.244. The highest BCUT2D eigenvalue weighted by molar-refractivity contribution is 5.90. The number of hydrogen-bond donors (Lipinski definition) is 1. The van der Waals surface area contributed by atoms with Crippen molar-refractivity contribution >= 4 is 41.6 Å². The molecule has 0 bridgehead atoms. The van der Waals surface area contributed by atoms with Crippen LogP contribution in [0.15, 0.2) is 97.1 Å². The minimum atomic E-state index is -0.965. The largest absolute Gasteiger partial charge is 0.459 e. The van der Waals surface area contributed by atoms with E-state index in [2.05, 4.69) is 59.3 Å². The lowest BCUT2D eigenvalue weighted by Gasteiger charge is -2.46. The smallest absolute Gasteiger partial charge is 0.338 e. The number of fused-ring (bicyclic) bond motifs is 1. The van der Waals surface area contributed by atoms with Crippen molar-refractivity contribution in [2.45, 2.75) is 31.0 Å². The molecule has 1 aliphatic heterocycles. The first-order valence-corrected chi connectivity index (χ1v) is 14.5. The minimum absolute atomic E-state index is 0. The number of benzene rings is 4. The predicted molar refractivity (Wildman–Crippen MR) is 175 cm³/mol. The second-order valence-corrected chi connectivity index (χ2v) is 11.5. The van der Waals surface area contributed by atoms with Crippen LogP contribution in [0.4, 0.5) is 0 Å². The van der Waals surface area contributed by atoms with Gasteiger partial charge >= 0.3 is 5.97 Å². The van der Waals surface area contributed by atoms with Crippen molar-refractivity contribution in [3.05, 3.63) is 108 Å². The first kappa shape index (κ1) is 32.0. The van der Waals surface area contributed by atoms with E-state index in [-0.39, 0.29) is 42.8 Å². The summed E-state index contributed by atoms with van der Waals surface area (Å²) in [4.78, 5) is 18.0. The van der Waals surface area contributed by atoms with Gasteiger partial charge in [0, 0.05) is 38.6 Å². The van der Waals surface area contributed by atoms with Gasteiger partial charge in [-0.15, -0.1) is 24.8 Å². The predicted octanol–water partition coefficient (Wildman–Crippen LogP) is 6.81. The molecule has 0 aromatic heterocycles. The van der Waals surface area contributed by atoms with E-state index in [1.807, 2.05) is 54.6 Å². The van der Waals surface area contributed by atoms with Crippen LogP contribution < -0.4 is 0 Å². The molecule has 0 amide bonds. The summed E-state index contributed by atoms with van der Waals surface area (Å²) in [6, 6.07) is 32.4. The lowest BCUT2D eigenvalue weighted by atomic mass is 9.70. The Labute approximate surface area is 261 Å². The van der Waals surface area contributed by atoms with Gasteiger partial charge in [0.15, 0.2) is 0 Å². The number of carbonyl (C=O) groups is 1. The molecule has 1 aliphatic carbocycles. The van der Waals surface area contributed by atoms with Crippen LogP contribution in [0, 0.1) is 5.92 Å². The Morgan fingerprint density at radius 3 is 2.19 bits per heavy atom. The second-order valence-electron chi connectivity index (χ2n) is 11.5. The summed E-state index contributed by atoms with van der Waals surface area (Å²) in [7, 11) is 2.16. The average Bonchev–Trinajstić information content (AvgIpc) is 3.00. The van der Waals surface area contributed by atoms with Gasteiger partial charge in [-0.3, -0.25) is 0 Å². The van der Waals surface area contributed by atoms with Crippen molar-refractivity contribution in [1.82, 2.24) is 9.80 Å². The van der Waals surface area contributed by atoms with Crippen LogP contribution in [-0.2, 0) is 10.3 Å². The number of likely N-dealkylation sites (N-methyl/N-ethyl adjacent to an activating group) is 1. The monoisotopic (exact) mass is 606 g/mol. The highest BCUT2D eigenvalue weighted by Gasteiger charge is 2.45. The van der Waals surface area contributed by atoms with Crippen molar-refractivity contribution in [3.8, 4) is 11.1 Å². The van der Waals surface area contributed by atoms with E-state index in [0.29, 0.717) is 24.8 Å². The van der Waals surface area contributed by atoms with Crippen LogP contribution in [0.1, 0.15) is 35.2 Å². The fraction of sp³-hybridized carbons (Fsp3) is 0.343. The molecule has 6 rings (SSSR count). The molecule has 5 nitrogen and oxygen atoms in total. The van der Waals surface area contributed by atoms with Gasteiger partial charge in [0.1, 0.15) is 6.10 Å². The van der Waals surface area contributed by atoms with E-state index in [9.17, 15) is 9.90 Å². The summed E-state index contributed by atoms with van der Waals surface area (Å²) in [6.07, 6.45) is 1.62. The van der Waals surface area contributed by atoms with Gasteiger partial charge < -0.3 is 19.6 Å². The molecule has 42 heavy (non-hydrogen) atoms. The molecule has 7 heteroatoms. The third-order valence-electron chi connectivity index (χ3n) is 8.90. The number of esters is 1. The molecule has 1 saturated carbocycles. The third-order valence-corrected chi connectivity index (χ3v) is 8.90. The summed E-state index contributed by atoms with van der Waals surface area (Å²) in [6.45, 7) is 4.81. The molecular weight excluding hydrogens is 567 g/mol. The van der Waals surface area contributed by atoms with Crippen LogP contribution >= 0.6 is 24.8 Å². The first-order valence-electron chi connectivity index (χ1n) is 14.5. The van der Waals surface area contributed by atoms with Gasteiger partial charge in [0.05, 0.1) is 11.2 Å². The van der Waals surface area contributed by atoms with Gasteiger partial charge in [-0.2, -0.15) is 0 Å². The van der Waals surface area contributed by atoms with E-state index in [1.165, 1.54) is 5.39 Å². The van der Waals surface area contributed by atoms with E-state index in [1.54, 1.807) is 0 Å². The number of rotatable bonds is 6. The highest BCUT2D eigenvalue weighted by atomic mass is 35.5. The zero-order valence-electron chi connectivity index (χ0n) is 24.0.